The summed E-state index contributed by atoms with van der Waals surface area (Å²) in [5, 5.41) is 4.13. The molecule has 0 saturated carbocycles. The first kappa shape index (κ1) is 16.0. The maximum Gasteiger partial charge on any atom is 0.325 e. The molecule has 0 aliphatic carbocycles. The second kappa shape index (κ2) is 7.52. The van der Waals surface area contributed by atoms with Gasteiger partial charge in [-0.05, 0) is 20.3 Å². The average molecular weight is 282 g/mol. The molecule has 1 aromatic rings. The van der Waals surface area contributed by atoms with Crippen molar-refractivity contribution >= 4 is 17.6 Å². The first-order valence-corrected chi connectivity index (χ1v) is 6.81. The van der Waals surface area contributed by atoms with Crippen LogP contribution in [0, 0.1) is 0 Å². The molecule has 1 aromatic heterocycles. The van der Waals surface area contributed by atoms with Crippen LogP contribution in [0.2, 0.25) is 0 Å². The number of hydrogen-bond acceptors (Lipinski definition) is 5. The highest BCUT2D eigenvalue weighted by atomic mass is 16.5. The minimum Gasteiger partial charge on any atom is -0.465 e. The number of hydrogen-bond donors (Lipinski definition) is 1. The fraction of sp³-hybridized carbons (Fsp3) is 0.615. The Kier molecular flexibility index (Phi) is 6.02. The molecule has 0 unspecified atom stereocenters. The molecular weight excluding hydrogens is 260 g/mol. The molecule has 0 bridgehead atoms. The van der Waals surface area contributed by atoms with Gasteiger partial charge in [0.1, 0.15) is 6.54 Å². The Bertz CT molecular complexity index is 470. The molecule has 20 heavy (non-hydrogen) atoms. The highest BCUT2D eigenvalue weighted by Crippen LogP contribution is 2.12. The van der Waals surface area contributed by atoms with Gasteiger partial charge in [0.05, 0.1) is 12.3 Å². The molecule has 0 atom stereocenters. The monoisotopic (exact) mass is 282 g/mol. The number of rotatable bonds is 7. The number of esters is 1. The predicted octanol–water partition coefficient (Wildman–Crippen LogP) is 0.900. The molecule has 0 spiro atoms. The molecule has 112 valence electrons. The summed E-state index contributed by atoms with van der Waals surface area (Å²) in [4.78, 5) is 25.3. The van der Waals surface area contributed by atoms with Crippen LogP contribution in [0.3, 0.4) is 0 Å². The Balaban J connectivity index is 2.87. The quantitative estimate of drug-likeness (QED) is 0.750. The van der Waals surface area contributed by atoms with Crippen LogP contribution < -0.4 is 5.73 Å². The van der Waals surface area contributed by atoms with E-state index in [-0.39, 0.29) is 18.1 Å². The molecule has 0 aliphatic rings. The normalized spacial score (nSPS) is 10.3. The molecule has 1 amide bonds. The summed E-state index contributed by atoms with van der Waals surface area (Å²) < 4.78 is 6.47. The van der Waals surface area contributed by atoms with Gasteiger partial charge in [-0.15, -0.1) is 0 Å². The SMILES string of the molecule is CCCN(CC(=O)OCC)C(=O)c1nn(CC)cc1N. The molecule has 2 N–H and O–H groups in total. The van der Waals surface area contributed by atoms with Crippen LogP contribution >= 0.6 is 0 Å². The van der Waals surface area contributed by atoms with Gasteiger partial charge in [0.15, 0.2) is 5.69 Å². The van der Waals surface area contributed by atoms with Gasteiger partial charge >= 0.3 is 5.97 Å². The van der Waals surface area contributed by atoms with E-state index in [1.807, 2.05) is 13.8 Å². The largest absolute Gasteiger partial charge is 0.465 e. The number of carbonyl (C=O) groups excluding carboxylic acids is 2. The zero-order valence-corrected chi connectivity index (χ0v) is 12.3. The van der Waals surface area contributed by atoms with E-state index in [0.717, 1.165) is 6.42 Å². The number of carbonyl (C=O) groups is 2. The Hall–Kier alpha value is -2.05. The smallest absolute Gasteiger partial charge is 0.325 e. The Labute approximate surface area is 118 Å². The van der Waals surface area contributed by atoms with E-state index in [0.29, 0.717) is 25.4 Å². The second-order valence-electron chi connectivity index (χ2n) is 4.32. The van der Waals surface area contributed by atoms with Crippen molar-refractivity contribution < 1.29 is 14.3 Å². The molecule has 0 aromatic carbocycles. The van der Waals surface area contributed by atoms with E-state index in [9.17, 15) is 9.59 Å². The number of aromatic nitrogens is 2. The topological polar surface area (TPSA) is 90.5 Å². The Morgan fingerprint density at radius 3 is 2.60 bits per heavy atom. The average Bonchev–Trinajstić information content (AvgIpc) is 2.79. The van der Waals surface area contributed by atoms with Crippen molar-refractivity contribution in [1.29, 1.82) is 0 Å². The lowest BCUT2D eigenvalue weighted by atomic mass is 10.3. The summed E-state index contributed by atoms with van der Waals surface area (Å²) in [5.41, 5.74) is 6.30. The number of nitrogen functional groups attached to an aromatic ring is 1. The van der Waals surface area contributed by atoms with Crippen LogP contribution in [0.1, 0.15) is 37.7 Å². The van der Waals surface area contributed by atoms with Gasteiger partial charge in [0.2, 0.25) is 0 Å². The minimum absolute atomic E-state index is 0.0844. The summed E-state index contributed by atoms with van der Waals surface area (Å²) in [6.07, 6.45) is 2.35. The van der Waals surface area contributed by atoms with Crippen molar-refractivity contribution in [3.05, 3.63) is 11.9 Å². The summed E-state index contributed by atoms with van der Waals surface area (Å²) in [6.45, 7) is 6.85. The van der Waals surface area contributed by atoms with Gasteiger partial charge in [-0.1, -0.05) is 6.92 Å². The van der Waals surface area contributed by atoms with Crippen LogP contribution in [-0.2, 0) is 16.1 Å². The van der Waals surface area contributed by atoms with Crippen molar-refractivity contribution in [2.24, 2.45) is 0 Å². The maximum absolute atomic E-state index is 12.4. The number of ether oxygens (including phenoxy) is 1. The molecule has 0 aliphatic heterocycles. The van der Waals surface area contributed by atoms with Crippen molar-refractivity contribution in [2.75, 3.05) is 25.4 Å². The van der Waals surface area contributed by atoms with Crippen LogP contribution in [0.4, 0.5) is 5.69 Å². The molecule has 7 nitrogen and oxygen atoms in total. The molecule has 0 fully saturated rings. The molecule has 0 radical (unpaired) electrons. The summed E-state index contributed by atoms with van der Waals surface area (Å²) in [6, 6.07) is 0. The van der Waals surface area contributed by atoms with Crippen molar-refractivity contribution in [1.82, 2.24) is 14.7 Å². The molecule has 1 heterocycles. The first-order valence-electron chi connectivity index (χ1n) is 6.81. The van der Waals surface area contributed by atoms with Gasteiger partial charge < -0.3 is 15.4 Å². The van der Waals surface area contributed by atoms with E-state index < -0.39 is 5.97 Å². The van der Waals surface area contributed by atoms with E-state index in [4.69, 9.17) is 10.5 Å². The fourth-order valence-corrected chi connectivity index (χ4v) is 1.80. The molecule has 0 saturated heterocycles. The van der Waals surface area contributed by atoms with Crippen molar-refractivity contribution in [3.8, 4) is 0 Å². The summed E-state index contributed by atoms with van der Waals surface area (Å²) >= 11 is 0. The third-order valence-corrected chi connectivity index (χ3v) is 2.72. The lowest BCUT2D eigenvalue weighted by Gasteiger charge is -2.20. The van der Waals surface area contributed by atoms with Crippen LogP contribution in [0.5, 0.6) is 0 Å². The van der Waals surface area contributed by atoms with Crippen LogP contribution in [0.15, 0.2) is 6.20 Å². The number of nitrogens with two attached hydrogens (primary N) is 1. The number of nitrogens with zero attached hydrogens (tertiary/aromatic N) is 3. The third kappa shape index (κ3) is 3.97. The van der Waals surface area contributed by atoms with Crippen LogP contribution in [0.25, 0.3) is 0 Å². The first-order chi connectivity index (χ1) is 9.53. The standard InChI is InChI=1S/C13H22N4O3/c1-4-7-16(9-11(18)20-6-3)13(19)12-10(14)8-17(5-2)15-12/h8H,4-7,9,14H2,1-3H3. The van der Waals surface area contributed by atoms with Gasteiger partial charge in [-0.25, -0.2) is 0 Å². The van der Waals surface area contributed by atoms with Crippen molar-refractivity contribution in [2.45, 2.75) is 33.7 Å². The number of aryl methyl sites for hydroxylation is 1. The summed E-state index contributed by atoms with van der Waals surface area (Å²) in [7, 11) is 0. The van der Waals surface area contributed by atoms with E-state index in [2.05, 4.69) is 5.10 Å². The number of anilines is 1. The predicted molar refractivity (Wildman–Crippen MR) is 75.1 cm³/mol. The van der Waals surface area contributed by atoms with E-state index >= 15 is 0 Å². The Morgan fingerprint density at radius 1 is 1.40 bits per heavy atom. The summed E-state index contributed by atoms with van der Waals surface area (Å²) in [5.74, 6) is -0.771. The Morgan fingerprint density at radius 2 is 2.10 bits per heavy atom. The van der Waals surface area contributed by atoms with Gasteiger partial charge in [0.25, 0.3) is 5.91 Å². The lowest BCUT2D eigenvalue weighted by molar-refractivity contribution is -0.143. The zero-order chi connectivity index (χ0) is 15.1. The van der Waals surface area contributed by atoms with E-state index in [1.165, 1.54) is 4.90 Å². The lowest BCUT2D eigenvalue weighted by Crippen LogP contribution is -2.37. The molecule has 1 rings (SSSR count). The second-order valence-corrected chi connectivity index (χ2v) is 4.32. The van der Waals surface area contributed by atoms with Gasteiger partial charge in [-0.3, -0.25) is 14.3 Å². The van der Waals surface area contributed by atoms with E-state index in [1.54, 1.807) is 17.8 Å². The third-order valence-electron chi connectivity index (χ3n) is 2.72. The number of amides is 1. The van der Waals surface area contributed by atoms with Crippen molar-refractivity contribution in [3.63, 3.8) is 0 Å². The highest BCUT2D eigenvalue weighted by Gasteiger charge is 2.23. The van der Waals surface area contributed by atoms with Gasteiger partial charge in [-0.2, -0.15) is 5.10 Å². The van der Waals surface area contributed by atoms with Gasteiger partial charge in [0, 0.05) is 19.3 Å². The molecular formula is C13H22N4O3. The zero-order valence-electron chi connectivity index (χ0n) is 12.3. The fourth-order valence-electron chi connectivity index (χ4n) is 1.80. The molecule has 7 heteroatoms. The minimum atomic E-state index is -0.428. The van der Waals surface area contributed by atoms with Crippen LogP contribution in [-0.4, -0.2) is 46.3 Å². The highest BCUT2D eigenvalue weighted by molar-refractivity contribution is 5.98. The maximum atomic E-state index is 12.4.